The monoisotopic (exact) mass is 230 g/mol. The lowest BCUT2D eigenvalue weighted by molar-refractivity contribution is 0.112. The maximum absolute atomic E-state index is 10.9. The Hall–Kier alpha value is -2.41. The Balaban J connectivity index is 2.20. The van der Waals surface area contributed by atoms with Gasteiger partial charge in [0.15, 0.2) is 0 Å². The van der Waals surface area contributed by atoms with E-state index in [0.29, 0.717) is 0 Å². The van der Waals surface area contributed by atoms with Crippen molar-refractivity contribution in [3.63, 3.8) is 0 Å². The number of hydrogen-bond acceptors (Lipinski definition) is 1. The third-order valence-electron chi connectivity index (χ3n) is 3.66. The van der Waals surface area contributed by atoms with E-state index in [1.807, 2.05) is 18.2 Å². The largest absolute Gasteiger partial charge is 0.298 e. The normalized spacial score (nSPS) is 11.6. The van der Waals surface area contributed by atoms with Gasteiger partial charge >= 0.3 is 0 Å². The third-order valence-corrected chi connectivity index (χ3v) is 3.66. The number of carbonyl (C=O) groups excluding carboxylic acids is 1. The highest BCUT2D eigenvalue weighted by atomic mass is 16.1. The van der Waals surface area contributed by atoms with Gasteiger partial charge in [0.05, 0.1) is 0 Å². The van der Waals surface area contributed by atoms with Crippen molar-refractivity contribution in [1.82, 2.24) is 0 Å². The molecule has 4 rings (SSSR count). The highest BCUT2D eigenvalue weighted by Crippen LogP contribution is 2.46. The molecule has 0 atom stereocenters. The average molecular weight is 230 g/mol. The van der Waals surface area contributed by atoms with Crippen LogP contribution in [0.25, 0.3) is 33.0 Å². The van der Waals surface area contributed by atoms with Crippen LogP contribution < -0.4 is 0 Å². The predicted molar refractivity (Wildman–Crippen MR) is 73.8 cm³/mol. The van der Waals surface area contributed by atoms with Gasteiger partial charge in [-0.3, -0.25) is 4.79 Å². The van der Waals surface area contributed by atoms with Crippen molar-refractivity contribution in [3.05, 3.63) is 60.2 Å². The Bertz CT molecular complexity index is 795. The van der Waals surface area contributed by atoms with Crippen molar-refractivity contribution in [1.29, 1.82) is 0 Å². The molecule has 0 amide bonds. The molecular weight excluding hydrogens is 220 g/mol. The lowest BCUT2D eigenvalue weighted by atomic mass is 10.0. The standard InChI is InChI=1S/C17H10O/c18-10-11-7-8-13-14-5-1-3-12-4-2-6-15(17(12)14)16(13)9-11/h1-10H. The summed E-state index contributed by atoms with van der Waals surface area (Å²) in [7, 11) is 0. The molecular formula is C17H10O. The van der Waals surface area contributed by atoms with E-state index < -0.39 is 0 Å². The molecule has 0 unspecified atom stereocenters. The van der Waals surface area contributed by atoms with Crippen LogP contribution >= 0.6 is 0 Å². The van der Waals surface area contributed by atoms with Gasteiger partial charge in [0, 0.05) is 5.56 Å². The number of aldehydes is 1. The summed E-state index contributed by atoms with van der Waals surface area (Å²) in [5, 5.41) is 2.56. The molecule has 1 aliphatic rings. The second-order valence-electron chi connectivity index (χ2n) is 4.63. The Morgan fingerprint density at radius 2 is 1.44 bits per heavy atom. The Morgan fingerprint density at radius 3 is 2.17 bits per heavy atom. The molecule has 1 aliphatic carbocycles. The molecule has 84 valence electrons. The molecule has 3 aromatic carbocycles. The topological polar surface area (TPSA) is 17.1 Å². The fourth-order valence-electron chi connectivity index (χ4n) is 2.88. The van der Waals surface area contributed by atoms with Crippen LogP contribution in [0.5, 0.6) is 0 Å². The molecule has 0 spiro atoms. The van der Waals surface area contributed by atoms with Gasteiger partial charge in [0.1, 0.15) is 6.29 Å². The first-order chi connectivity index (χ1) is 8.88. The minimum Gasteiger partial charge on any atom is -0.298 e. The summed E-state index contributed by atoms with van der Waals surface area (Å²) < 4.78 is 0. The first-order valence-electron chi connectivity index (χ1n) is 6.00. The van der Waals surface area contributed by atoms with E-state index in [1.165, 1.54) is 33.0 Å². The molecule has 0 N–H and O–H groups in total. The number of rotatable bonds is 1. The molecule has 0 aromatic heterocycles. The fraction of sp³-hybridized carbons (Fsp3) is 0. The Morgan fingerprint density at radius 1 is 0.722 bits per heavy atom. The molecule has 0 bridgehead atoms. The first-order valence-corrected chi connectivity index (χ1v) is 6.00. The van der Waals surface area contributed by atoms with Crippen molar-refractivity contribution in [2.45, 2.75) is 0 Å². The van der Waals surface area contributed by atoms with E-state index in [2.05, 4.69) is 36.4 Å². The van der Waals surface area contributed by atoms with Gasteiger partial charge in [-0.1, -0.05) is 48.5 Å². The van der Waals surface area contributed by atoms with Crippen molar-refractivity contribution in [2.24, 2.45) is 0 Å². The maximum Gasteiger partial charge on any atom is 0.150 e. The van der Waals surface area contributed by atoms with Crippen LogP contribution in [-0.4, -0.2) is 6.29 Å². The fourth-order valence-corrected chi connectivity index (χ4v) is 2.88. The summed E-state index contributed by atoms with van der Waals surface area (Å²) in [5.41, 5.74) is 5.65. The summed E-state index contributed by atoms with van der Waals surface area (Å²) in [4.78, 5) is 10.9. The zero-order valence-electron chi connectivity index (χ0n) is 9.68. The highest BCUT2D eigenvalue weighted by molar-refractivity contribution is 6.15. The quantitative estimate of drug-likeness (QED) is 0.445. The van der Waals surface area contributed by atoms with Crippen LogP contribution in [0.15, 0.2) is 54.6 Å². The lowest BCUT2D eigenvalue weighted by Gasteiger charge is -2.01. The predicted octanol–water partition coefficient (Wildman–Crippen LogP) is 4.30. The summed E-state index contributed by atoms with van der Waals surface area (Å²) in [6.45, 7) is 0. The molecule has 3 aromatic rings. The van der Waals surface area contributed by atoms with Crippen LogP contribution in [0.2, 0.25) is 0 Å². The van der Waals surface area contributed by atoms with Gasteiger partial charge in [-0.05, 0) is 39.1 Å². The summed E-state index contributed by atoms with van der Waals surface area (Å²) in [6, 6.07) is 18.6. The van der Waals surface area contributed by atoms with E-state index >= 15 is 0 Å². The van der Waals surface area contributed by atoms with E-state index in [4.69, 9.17) is 0 Å². The zero-order chi connectivity index (χ0) is 12.1. The maximum atomic E-state index is 10.9. The van der Waals surface area contributed by atoms with Crippen LogP contribution in [0.1, 0.15) is 10.4 Å². The van der Waals surface area contributed by atoms with Crippen LogP contribution in [0.3, 0.4) is 0 Å². The summed E-state index contributed by atoms with van der Waals surface area (Å²) >= 11 is 0. The zero-order valence-corrected chi connectivity index (χ0v) is 9.68. The first kappa shape index (κ1) is 9.60. The molecule has 0 fully saturated rings. The van der Waals surface area contributed by atoms with E-state index in [0.717, 1.165) is 11.8 Å². The van der Waals surface area contributed by atoms with Gasteiger partial charge in [-0.15, -0.1) is 0 Å². The summed E-state index contributed by atoms with van der Waals surface area (Å²) in [5.74, 6) is 0. The molecule has 0 saturated carbocycles. The summed E-state index contributed by atoms with van der Waals surface area (Å²) in [6.07, 6.45) is 0.906. The van der Waals surface area contributed by atoms with Crippen molar-refractivity contribution < 1.29 is 4.79 Å². The van der Waals surface area contributed by atoms with Gasteiger partial charge in [-0.25, -0.2) is 0 Å². The van der Waals surface area contributed by atoms with Gasteiger partial charge in [-0.2, -0.15) is 0 Å². The number of benzene rings is 3. The highest BCUT2D eigenvalue weighted by Gasteiger charge is 2.20. The molecule has 0 radical (unpaired) electrons. The van der Waals surface area contributed by atoms with Gasteiger partial charge in [0.25, 0.3) is 0 Å². The number of carbonyl (C=O) groups is 1. The van der Waals surface area contributed by atoms with Crippen LogP contribution in [-0.2, 0) is 0 Å². The molecule has 1 nitrogen and oxygen atoms in total. The van der Waals surface area contributed by atoms with Crippen molar-refractivity contribution in [3.8, 4) is 22.3 Å². The van der Waals surface area contributed by atoms with Crippen LogP contribution in [0.4, 0.5) is 0 Å². The minimum absolute atomic E-state index is 0.735. The van der Waals surface area contributed by atoms with E-state index in [-0.39, 0.29) is 0 Å². The van der Waals surface area contributed by atoms with E-state index in [1.54, 1.807) is 0 Å². The second-order valence-corrected chi connectivity index (χ2v) is 4.63. The molecule has 0 saturated heterocycles. The molecule has 0 aliphatic heterocycles. The third kappa shape index (κ3) is 1.08. The van der Waals surface area contributed by atoms with Crippen molar-refractivity contribution in [2.75, 3.05) is 0 Å². The second kappa shape index (κ2) is 3.30. The molecule has 18 heavy (non-hydrogen) atoms. The van der Waals surface area contributed by atoms with E-state index in [9.17, 15) is 4.79 Å². The molecule has 0 heterocycles. The van der Waals surface area contributed by atoms with Gasteiger partial charge in [0.2, 0.25) is 0 Å². The van der Waals surface area contributed by atoms with Crippen molar-refractivity contribution >= 4 is 17.1 Å². The minimum atomic E-state index is 0.735. The SMILES string of the molecule is O=Cc1ccc2c(c1)-c1cccc3cccc-2c13. The Labute approximate surface area is 105 Å². The lowest BCUT2D eigenvalue weighted by Crippen LogP contribution is -1.82. The molecule has 1 heteroatoms. The Kier molecular flexibility index (Phi) is 1.76. The van der Waals surface area contributed by atoms with Gasteiger partial charge < -0.3 is 0 Å². The number of fused-ring (bicyclic) bond motifs is 3. The number of hydrogen-bond donors (Lipinski definition) is 0. The average Bonchev–Trinajstić information content (AvgIpc) is 2.76. The smallest absolute Gasteiger partial charge is 0.150 e. The van der Waals surface area contributed by atoms with Crippen LogP contribution in [0, 0.1) is 0 Å².